The standard InChI is InChI=1S/C16H20N3O5.BrH/c1-11(16(21)13-5-4-6-14(9-13)24-3)18-10-15(19(22)23)17(7-8-20)12(18)2;/h4-6,9-11,20H,7-8H2,1-3H3;1H/q+1;/p-1. The molecular formula is C16H20BrN3O5. The molecule has 0 saturated heterocycles. The third-order valence-corrected chi connectivity index (χ3v) is 3.96. The van der Waals surface area contributed by atoms with E-state index in [9.17, 15) is 14.9 Å². The molecule has 0 radical (unpaired) electrons. The van der Waals surface area contributed by atoms with Crippen molar-refractivity contribution in [1.82, 2.24) is 4.57 Å². The molecule has 136 valence electrons. The number of carbonyl (C=O) groups excluding carboxylic acids is 1. The maximum atomic E-state index is 12.7. The summed E-state index contributed by atoms with van der Waals surface area (Å²) >= 11 is 0. The molecule has 0 fully saturated rings. The predicted octanol–water partition coefficient (Wildman–Crippen LogP) is -1.56. The van der Waals surface area contributed by atoms with E-state index in [-0.39, 0.29) is 41.7 Å². The Morgan fingerprint density at radius 3 is 2.72 bits per heavy atom. The van der Waals surface area contributed by atoms with Gasteiger partial charge in [-0.05, 0) is 24.0 Å². The highest BCUT2D eigenvalue weighted by Gasteiger charge is 2.30. The first-order valence-electron chi connectivity index (χ1n) is 7.45. The van der Waals surface area contributed by atoms with Gasteiger partial charge in [0.15, 0.2) is 12.2 Å². The van der Waals surface area contributed by atoms with Gasteiger partial charge in [0, 0.05) is 12.5 Å². The van der Waals surface area contributed by atoms with Crippen LogP contribution in [0.15, 0.2) is 30.5 Å². The molecule has 2 rings (SSSR count). The van der Waals surface area contributed by atoms with Gasteiger partial charge >= 0.3 is 5.82 Å². The fraction of sp³-hybridized carbons (Fsp3) is 0.375. The van der Waals surface area contributed by atoms with Crippen LogP contribution < -0.4 is 26.3 Å². The number of hydrogen-bond acceptors (Lipinski definition) is 5. The van der Waals surface area contributed by atoms with Crippen molar-refractivity contribution in [3.8, 4) is 5.75 Å². The summed E-state index contributed by atoms with van der Waals surface area (Å²) in [7, 11) is 1.52. The largest absolute Gasteiger partial charge is 1.00 e. The number of carbonyl (C=O) groups is 1. The number of aliphatic hydroxyl groups excluding tert-OH is 1. The fourth-order valence-corrected chi connectivity index (χ4v) is 2.65. The zero-order valence-electron chi connectivity index (χ0n) is 14.2. The summed E-state index contributed by atoms with van der Waals surface area (Å²) < 4.78 is 8.06. The second kappa shape index (κ2) is 8.72. The number of ketones is 1. The zero-order chi connectivity index (χ0) is 17.9. The minimum Gasteiger partial charge on any atom is -1.00 e. The van der Waals surface area contributed by atoms with E-state index in [0.717, 1.165) is 0 Å². The summed E-state index contributed by atoms with van der Waals surface area (Å²) in [5.41, 5.74) is 0.464. The van der Waals surface area contributed by atoms with Crippen molar-refractivity contribution in [3.05, 3.63) is 52.0 Å². The zero-order valence-corrected chi connectivity index (χ0v) is 15.8. The molecular weight excluding hydrogens is 394 g/mol. The van der Waals surface area contributed by atoms with Crippen molar-refractivity contribution >= 4 is 11.6 Å². The number of aromatic nitrogens is 2. The first-order valence-corrected chi connectivity index (χ1v) is 7.45. The molecule has 0 amide bonds. The predicted molar refractivity (Wildman–Crippen MR) is 85.1 cm³/mol. The number of hydrogen-bond donors (Lipinski definition) is 1. The van der Waals surface area contributed by atoms with Crippen LogP contribution in [0.1, 0.15) is 29.1 Å². The van der Waals surface area contributed by atoms with E-state index in [2.05, 4.69) is 0 Å². The van der Waals surface area contributed by atoms with E-state index in [1.165, 1.54) is 17.9 Å². The number of aliphatic hydroxyl groups is 1. The van der Waals surface area contributed by atoms with Gasteiger partial charge in [-0.15, -0.1) is 0 Å². The summed E-state index contributed by atoms with van der Waals surface area (Å²) in [6.07, 6.45) is 1.33. The summed E-state index contributed by atoms with van der Waals surface area (Å²) in [4.78, 5) is 23.4. The van der Waals surface area contributed by atoms with Crippen LogP contribution in [0, 0.1) is 17.0 Å². The number of Topliss-reactive ketones (excluding diaryl/α,β-unsaturated/α-hetero) is 1. The van der Waals surface area contributed by atoms with Crippen molar-refractivity contribution in [1.29, 1.82) is 0 Å². The lowest BCUT2D eigenvalue weighted by Crippen LogP contribution is -3.00. The van der Waals surface area contributed by atoms with Crippen LogP contribution in [0.25, 0.3) is 0 Å². The smallest absolute Gasteiger partial charge is 0.365 e. The van der Waals surface area contributed by atoms with Crippen molar-refractivity contribution in [3.63, 3.8) is 0 Å². The van der Waals surface area contributed by atoms with Crippen molar-refractivity contribution in [2.45, 2.75) is 26.4 Å². The molecule has 1 unspecified atom stereocenters. The number of nitro groups is 1. The monoisotopic (exact) mass is 413 g/mol. The summed E-state index contributed by atoms with van der Waals surface area (Å²) in [5, 5.41) is 20.3. The van der Waals surface area contributed by atoms with Crippen LogP contribution in [0.3, 0.4) is 0 Å². The molecule has 0 saturated carbocycles. The fourth-order valence-electron chi connectivity index (χ4n) is 2.65. The molecule has 1 heterocycles. The van der Waals surface area contributed by atoms with Crippen LogP contribution in [0.2, 0.25) is 0 Å². The van der Waals surface area contributed by atoms with Crippen molar-refractivity contribution < 1.29 is 41.1 Å². The molecule has 1 aromatic carbocycles. The van der Waals surface area contributed by atoms with E-state index in [1.807, 2.05) is 0 Å². The molecule has 25 heavy (non-hydrogen) atoms. The van der Waals surface area contributed by atoms with Crippen LogP contribution in [-0.2, 0) is 6.54 Å². The van der Waals surface area contributed by atoms with E-state index < -0.39 is 11.0 Å². The molecule has 1 atom stereocenters. The SMILES string of the molecule is COc1cccc(C(=O)C(C)[n+]2cc([N+](=O)[O-])n(CCO)c2C)c1.[Br-]. The Kier molecular flexibility index (Phi) is 7.25. The first kappa shape index (κ1) is 20.8. The van der Waals surface area contributed by atoms with Gasteiger partial charge in [-0.25, -0.2) is 4.57 Å². The van der Waals surface area contributed by atoms with Gasteiger partial charge in [-0.3, -0.25) is 4.79 Å². The molecule has 8 nitrogen and oxygen atoms in total. The third-order valence-electron chi connectivity index (χ3n) is 3.96. The van der Waals surface area contributed by atoms with Crippen LogP contribution in [-0.4, -0.2) is 34.1 Å². The number of ether oxygens (including phenoxy) is 1. The van der Waals surface area contributed by atoms with Gasteiger partial charge in [-0.1, -0.05) is 12.1 Å². The highest BCUT2D eigenvalue weighted by atomic mass is 79.9. The van der Waals surface area contributed by atoms with Gasteiger partial charge in [0.1, 0.15) is 12.3 Å². The van der Waals surface area contributed by atoms with Crippen LogP contribution in [0.4, 0.5) is 5.82 Å². The van der Waals surface area contributed by atoms with Gasteiger partial charge in [0.05, 0.1) is 13.7 Å². The number of halogens is 1. The van der Waals surface area contributed by atoms with E-state index in [1.54, 1.807) is 42.7 Å². The lowest BCUT2D eigenvalue weighted by molar-refractivity contribution is -0.711. The Morgan fingerprint density at radius 1 is 1.48 bits per heavy atom. The Balaban J connectivity index is 0.00000312. The lowest BCUT2D eigenvalue weighted by Gasteiger charge is -2.10. The van der Waals surface area contributed by atoms with Gasteiger partial charge in [-0.2, -0.15) is 4.57 Å². The summed E-state index contributed by atoms with van der Waals surface area (Å²) in [5.74, 6) is 0.753. The Morgan fingerprint density at radius 2 is 2.16 bits per heavy atom. The number of benzene rings is 1. The first-order chi connectivity index (χ1) is 11.4. The van der Waals surface area contributed by atoms with Gasteiger partial charge < -0.3 is 36.9 Å². The molecule has 0 bridgehead atoms. The molecule has 1 aromatic heterocycles. The molecule has 2 aromatic rings. The minimum atomic E-state index is -0.629. The maximum absolute atomic E-state index is 12.7. The molecule has 0 spiro atoms. The Labute approximate surface area is 155 Å². The molecule has 0 aliphatic rings. The second-order valence-corrected chi connectivity index (χ2v) is 5.35. The number of methoxy groups -OCH3 is 1. The van der Waals surface area contributed by atoms with Crippen LogP contribution >= 0.6 is 0 Å². The van der Waals surface area contributed by atoms with E-state index in [4.69, 9.17) is 9.84 Å². The average Bonchev–Trinajstić information content (AvgIpc) is 2.91. The van der Waals surface area contributed by atoms with E-state index in [0.29, 0.717) is 17.1 Å². The molecule has 0 aliphatic carbocycles. The summed E-state index contributed by atoms with van der Waals surface area (Å²) in [6, 6.07) is 6.14. The van der Waals surface area contributed by atoms with E-state index >= 15 is 0 Å². The van der Waals surface area contributed by atoms with Crippen LogP contribution in [0.5, 0.6) is 5.75 Å². The number of rotatable bonds is 7. The minimum absolute atomic E-state index is 0. The molecule has 1 N–H and O–H groups in total. The normalized spacial score (nSPS) is 11.5. The Hall–Kier alpha value is -2.26. The maximum Gasteiger partial charge on any atom is 0.365 e. The molecule has 9 heteroatoms. The summed E-state index contributed by atoms with van der Waals surface area (Å²) in [6.45, 7) is 3.23. The highest BCUT2D eigenvalue weighted by Crippen LogP contribution is 2.19. The average molecular weight is 414 g/mol. The van der Waals surface area contributed by atoms with Gasteiger partial charge in [0.2, 0.25) is 5.78 Å². The Bertz CT molecular complexity index is 775. The topological polar surface area (TPSA) is 98.5 Å². The number of nitrogens with zero attached hydrogens (tertiary/aromatic N) is 3. The highest BCUT2D eigenvalue weighted by molar-refractivity contribution is 5.98. The quantitative estimate of drug-likeness (QED) is 0.256. The second-order valence-electron chi connectivity index (χ2n) is 5.35. The number of imidazole rings is 1. The van der Waals surface area contributed by atoms with Crippen molar-refractivity contribution in [2.24, 2.45) is 0 Å². The van der Waals surface area contributed by atoms with Crippen molar-refractivity contribution in [2.75, 3.05) is 13.7 Å². The molecule has 0 aliphatic heterocycles. The third kappa shape index (κ3) is 4.23. The lowest BCUT2D eigenvalue weighted by atomic mass is 10.0. The van der Waals surface area contributed by atoms with Gasteiger partial charge in [0.25, 0.3) is 5.82 Å².